The Morgan fingerprint density at radius 2 is 2.08 bits per heavy atom. The van der Waals surface area contributed by atoms with E-state index in [1.54, 1.807) is 0 Å². The van der Waals surface area contributed by atoms with Crippen molar-refractivity contribution in [1.82, 2.24) is 4.90 Å². The normalized spacial score (nSPS) is 26.1. The number of hydrogen-bond donors (Lipinski definition) is 0. The highest BCUT2D eigenvalue weighted by molar-refractivity contribution is 9.09. The van der Waals surface area contributed by atoms with Crippen LogP contribution in [0.25, 0.3) is 0 Å². The summed E-state index contributed by atoms with van der Waals surface area (Å²) in [7, 11) is 2.29. The van der Waals surface area contributed by atoms with E-state index < -0.39 is 0 Å². The van der Waals surface area contributed by atoms with E-state index in [1.165, 1.54) is 50.5 Å². The average Bonchev–Trinajstić information content (AvgIpc) is 2.80. The molecule has 13 heavy (non-hydrogen) atoms. The van der Waals surface area contributed by atoms with Gasteiger partial charge in [0, 0.05) is 18.4 Å². The standard InChI is InChI=1S/C11H20BrN/c1-13(7-10-3-4-10)9-11(8-12)5-2-6-11/h10H,2-9H2,1H3. The second-order valence-corrected chi connectivity index (χ2v) is 5.69. The predicted molar refractivity (Wildman–Crippen MR) is 60.3 cm³/mol. The van der Waals surface area contributed by atoms with Crippen LogP contribution in [0.5, 0.6) is 0 Å². The Morgan fingerprint density at radius 1 is 1.38 bits per heavy atom. The molecule has 0 amide bonds. The monoisotopic (exact) mass is 245 g/mol. The van der Waals surface area contributed by atoms with E-state index in [-0.39, 0.29) is 0 Å². The molecular formula is C11H20BrN. The van der Waals surface area contributed by atoms with Gasteiger partial charge in [0.15, 0.2) is 0 Å². The molecule has 0 aromatic heterocycles. The number of halogens is 1. The molecule has 0 bridgehead atoms. The maximum Gasteiger partial charge on any atom is 0.0100 e. The number of alkyl halides is 1. The van der Waals surface area contributed by atoms with E-state index in [0.717, 1.165) is 5.92 Å². The largest absolute Gasteiger partial charge is 0.306 e. The lowest BCUT2D eigenvalue weighted by molar-refractivity contribution is 0.104. The fourth-order valence-electron chi connectivity index (χ4n) is 2.39. The second kappa shape index (κ2) is 3.90. The lowest BCUT2D eigenvalue weighted by atomic mass is 9.70. The van der Waals surface area contributed by atoms with Gasteiger partial charge in [0.05, 0.1) is 0 Å². The average molecular weight is 246 g/mol. The highest BCUT2D eigenvalue weighted by atomic mass is 79.9. The maximum absolute atomic E-state index is 3.67. The van der Waals surface area contributed by atoms with Gasteiger partial charge in [-0.25, -0.2) is 0 Å². The van der Waals surface area contributed by atoms with Crippen molar-refractivity contribution in [3.8, 4) is 0 Å². The number of rotatable bonds is 5. The zero-order chi connectivity index (χ0) is 9.31. The van der Waals surface area contributed by atoms with Crippen molar-refractivity contribution in [3.63, 3.8) is 0 Å². The van der Waals surface area contributed by atoms with Crippen LogP contribution in [0.3, 0.4) is 0 Å². The summed E-state index contributed by atoms with van der Waals surface area (Å²) < 4.78 is 0. The summed E-state index contributed by atoms with van der Waals surface area (Å²) in [4.78, 5) is 2.55. The van der Waals surface area contributed by atoms with Gasteiger partial charge in [-0.3, -0.25) is 0 Å². The summed E-state index contributed by atoms with van der Waals surface area (Å²) in [6, 6.07) is 0. The molecule has 2 heteroatoms. The topological polar surface area (TPSA) is 3.24 Å². The predicted octanol–water partition coefficient (Wildman–Crippen LogP) is 2.89. The Hall–Kier alpha value is 0.440. The van der Waals surface area contributed by atoms with E-state index >= 15 is 0 Å². The molecule has 0 heterocycles. The molecule has 0 spiro atoms. The summed E-state index contributed by atoms with van der Waals surface area (Å²) in [6.07, 6.45) is 7.28. The van der Waals surface area contributed by atoms with E-state index in [9.17, 15) is 0 Å². The zero-order valence-corrected chi connectivity index (χ0v) is 10.1. The molecule has 0 saturated heterocycles. The third-order valence-corrected chi connectivity index (χ3v) is 4.76. The molecule has 1 nitrogen and oxygen atoms in total. The molecule has 2 fully saturated rings. The molecule has 2 aliphatic rings. The summed E-state index contributed by atoms with van der Waals surface area (Å²) in [5.74, 6) is 1.04. The molecule has 0 unspecified atom stereocenters. The third-order valence-electron chi connectivity index (χ3n) is 3.57. The van der Waals surface area contributed by atoms with E-state index in [2.05, 4.69) is 27.9 Å². The van der Waals surface area contributed by atoms with Gasteiger partial charge in [-0.15, -0.1) is 0 Å². The fourth-order valence-corrected chi connectivity index (χ4v) is 3.13. The SMILES string of the molecule is CN(CC1CC1)CC1(CBr)CCC1. The molecule has 0 N–H and O–H groups in total. The quantitative estimate of drug-likeness (QED) is 0.674. The molecular weight excluding hydrogens is 226 g/mol. The Morgan fingerprint density at radius 3 is 2.46 bits per heavy atom. The van der Waals surface area contributed by atoms with Crippen LogP contribution >= 0.6 is 15.9 Å². The number of hydrogen-bond acceptors (Lipinski definition) is 1. The minimum Gasteiger partial charge on any atom is -0.306 e. The van der Waals surface area contributed by atoms with E-state index in [1.807, 2.05) is 0 Å². The van der Waals surface area contributed by atoms with Crippen LogP contribution in [0.15, 0.2) is 0 Å². The molecule has 0 aromatic carbocycles. The summed E-state index contributed by atoms with van der Waals surface area (Å²) in [5.41, 5.74) is 0.643. The van der Waals surface area contributed by atoms with Crippen LogP contribution < -0.4 is 0 Å². The smallest absolute Gasteiger partial charge is 0.0100 e. The first-order valence-electron chi connectivity index (χ1n) is 5.49. The first-order chi connectivity index (χ1) is 6.24. The lowest BCUT2D eigenvalue weighted by Gasteiger charge is -2.43. The molecule has 0 aromatic rings. The second-order valence-electron chi connectivity index (χ2n) is 5.13. The van der Waals surface area contributed by atoms with Gasteiger partial charge in [0.25, 0.3) is 0 Å². The Bertz CT molecular complexity index is 167. The maximum atomic E-state index is 3.67. The number of nitrogens with zero attached hydrogens (tertiary/aromatic N) is 1. The van der Waals surface area contributed by atoms with Crippen molar-refractivity contribution in [2.75, 3.05) is 25.5 Å². The molecule has 2 rings (SSSR count). The fraction of sp³-hybridized carbons (Fsp3) is 1.00. The Labute approximate surface area is 90.0 Å². The lowest BCUT2D eigenvalue weighted by Crippen LogP contribution is -2.42. The van der Waals surface area contributed by atoms with Crippen LogP contribution in [-0.2, 0) is 0 Å². The summed E-state index contributed by atoms with van der Waals surface area (Å²) >= 11 is 3.67. The van der Waals surface area contributed by atoms with Gasteiger partial charge >= 0.3 is 0 Å². The third kappa shape index (κ3) is 2.47. The van der Waals surface area contributed by atoms with Crippen LogP contribution in [-0.4, -0.2) is 30.4 Å². The zero-order valence-electron chi connectivity index (χ0n) is 8.56. The highest BCUT2D eigenvalue weighted by Gasteiger charge is 2.37. The van der Waals surface area contributed by atoms with Crippen molar-refractivity contribution >= 4 is 15.9 Å². The van der Waals surface area contributed by atoms with Crippen molar-refractivity contribution in [3.05, 3.63) is 0 Å². The molecule has 2 saturated carbocycles. The van der Waals surface area contributed by atoms with E-state index in [4.69, 9.17) is 0 Å². The Balaban J connectivity index is 1.74. The van der Waals surface area contributed by atoms with Gasteiger partial charge in [-0.1, -0.05) is 22.4 Å². The molecule has 0 atom stereocenters. The molecule has 0 radical (unpaired) electrons. The Kier molecular flexibility index (Phi) is 2.99. The highest BCUT2D eigenvalue weighted by Crippen LogP contribution is 2.43. The van der Waals surface area contributed by atoms with Crippen molar-refractivity contribution in [2.24, 2.45) is 11.3 Å². The van der Waals surface area contributed by atoms with Crippen molar-refractivity contribution < 1.29 is 0 Å². The van der Waals surface area contributed by atoms with Gasteiger partial charge < -0.3 is 4.90 Å². The van der Waals surface area contributed by atoms with Gasteiger partial charge in [-0.2, -0.15) is 0 Å². The van der Waals surface area contributed by atoms with Crippen LogP contribution in [0.2, 0.25) is 0 Å². The molecule has 76 valence electrons. The van der Waals surface area contributed by atoms with Crippen LogP contribution in [0.1, 0.15) is 32.1 Å². The van der Waals surface area contributed by atoms with Gasteiger partial charge in [0.1, 0.15) is 0 Å². The van der Waals surface area contributed by atoms with Crippen LogP contribution in [0.4, 0.5) is 0 Å². The minimum absolute atomic E-state index is 0.643. The molecule has 0 aliphatic heterocycles. The van der Waals surface area contributed by atoms with Crippen molar-refractivity contribution in [2.45, 2.75) is 32.1 Å². The molecule has 2 aliphatic carbocycles. The first-order valence-corrected chi connectivity index (χ1v) is 6.61. The summed E-state index contributed by atoms with van der Waals surface area (Å²) in [6.45, 7) is 2.66. The van der Waals surface area contributed by atoms with Gasteiger partial charge in [0.2, 0.25) is 0 Å². The minimum atomic E-state index is 0.643. The first kappa shape index (κ1) is 9.97. The van der Waals surface area contributed by atoms with Gasteiger partial charge in [-0.05, 0) is 44.1 Å². The summed E-state index contributed by atoms with van der Waals surface area (Å²) in [5, 5.41) is 1.20. The van der Waals surface area contributed by atoms with Crippen molar-refractivity contribution in [1.29, 1.82) is 0 Å². The van der Waals surface area contributed by atoms with E-state index in [0.29, 0.717) is 5.41 Å². The van der Waals surface area contributed by atoms with Crippen LogP contribution in [0, 0.1) is 11.3 Å².